The van der Waals surface area contributed by atoms with Gasteiger partial charge in [0.05, 0.1) is 11.2 Å². The van der Waals surface area contributed by atoms with E-state index in [0.29, 0.717) is 0 Å². The van der Waals surface area contributed by atoms with Crippen molar-refractivity contribution in [1.82, 2.24) is 10.3 Å². The molecule has 2 aromatic rings. The second-order valence-electron chi connectivity index (χ2n) is 12.7. The Morgan fingerprint density at radius 1 is 1.07 bits per heavy atom. The summed E-state index contributed by atoms with van der Waals surface area (Å²) >= 11 is 0. The molecule has 41 heavy (non-hydrogen) atoms. The normalized spacial score (nSPS) is 31.4. The second-order valence-corrected chi connectivity index (χ2v) is 12.7. The number of aliphatic imine (C=N–C) groups is 1. The van der Waals surface area contributed by atoms with Crippen molar-refractivity contribution in [3.05, 3.63) is 125 Å². The van der Waals surface area contributed by atoms with E-state index in [9.17, 15) is 5.11 Å². The minimum Gasteiger partial charge on any atom is -0.385 e. The Bertz CT molecular complexity index is 1550. The zero-order valence-corrected chi connectivity index (χ0v) is 24.5. The van der Waals surface area contributed by atoms with Crippen molar-refractivity contribution in [2.45, 2.75) is 77.2 Å². The van der Waals surface area contributed by atoms with E-state index in [2.05, 4.69) is 72.5 Å². The second kappa shape index (κ2) is 10.6. The van der Waals surface area contributed by atoms with Crippen molar-refractivity contribution < 1.29 is 5.11 Å². The number of aromatic nitrogens is 1. The van der Waals surface area contributed by atoms with Crippen LogP contribution >= 0.6 is 0 Å². The number of aryl methyl sites for hydroxylation is 1. The van der Waals surface area contributed by atoms with Crippen LogP contribution in [0.25, 0.3) is 6.08 Å². The van der Waals surface area contributed by atoms with Crippen molar-refractivity contribution in [3.8, 4) is 0 Å². The number of hydrogen-bond donors (Lipinski definition) is 2. The van der Waals surface area contributed by atoms with E-state index in [0.717, 1.165) is 91.7 Å². The summed E-state index contributed by atoms with van der Waals surface area (Å²) in [7, 11) is 0. The standard InChI is InChI=1S/C37H41N3O/c1-5-38-34-30(26(2)27-12-7-9-17-32-28(24-27)14-11-23-39-32)15-10-18-33(40-34)35(3)19-21-37(22-20-35)25-29-13-6-8-16-31(29)36(37,4)41/h5-6,8,10-11,13-14,16,18,23-24,41H,1-2,7,9,12,17,19-22,25H2,3-4H3,(H,38,40)/b27-24-. The van der Waals surface area contributed by atoms with Crippen LogP contribution in [-0.2, 0) is 18.4 Å². The van der Waals surface area contributed by atoms with Gasteiger partial charge in [0.1, 0.15) is 5.84 Å². The molecule has 1 atom stereocenters. The van der Waals surface area contributed by atoms with Gasteiger partial charge in [0.25, 0.3) is 0 Å². The van der Waals surface area contributed by atoms with Crippen molar-refractivity contribution >= 4 is 11.9 Å². The third kappa shape index (κ3) is 4.80. The van der Waals surface area contributed by atoms with Crippen LogP contribution in [-0.4, -0.2) is 15.9 Å². The molecule has 0 amide bonds. The molecule has 0 radical (unpaired) electrons. The minimum atomic E-state index is -0.808. The Hall–Kier alpha value is -3.72. The van der Waals surface area contributed by atoms with Gasteiger partial charge in [-0.2, -0.15) is 0 Å². The van der Waals surface area contributed by atoms with E-state index in [1.165, 1.54) is 16.7 Å². The molecule has 0 bridgehead atoms. The van der Waals surface area contributed by atoms with E-state index in [1.54, 1.807) is 6.20 Å². The van der Waals surface area contributed by atoms with Gasteiger partial charge in [0.2, 0.25) is 0 Å². The number of fused-ring (bicyclic) bond motifs is 2. The highest BCUT2D eigenvalue weighted by Gasteiger charge is 2.56. The SMILES string of the molecule is C=CN=C1NC(C2(C)CCC3(CC2)Cc2ccccc2C3(C)O)=CC=C=C1C(=C)/C1=C\c2cccnc2CCCC1. The summed E-state index contributed by atoms with van der Waals surface area (Å²) in [4.78, 5) is 9.32. The van der Waals surface area contributed by atoms with E-state index in [1.807, 2.05) is 31.3 Å². The highest BCUT2D eigenvalue weighted by Crippen LogP contribution is 2.61. The molecule has 210 valence electrons. The third-order valence-corrected chi connectivity index (χ3v) is 10.3. The molecule has 2 heterocycles. The van der Waals surface area contributed by atoms with Gasteiger partial charge in [0, 0.05) is 34.6 Å². The predicted octanol–water partition coefficient (Wildman–Crippen LogP) is 7.89. The summed E-state index contributed by atoms with van der Waals surface area (Å²) in [5.74, 6) is 0.737. The van der Waals surface area contributed by atoms with Gasteiger partial charge >= 0.3 is 0 Å². The Morgan fingerprint density at radius 2 is 1.85 bits per heavy atom. The van der Waals surface area contributed by atoms with Crippen LogP contribution in [0.15, 0.2) is 107 Å². The van der Waals surface area contributed by atoms with Crippen LogP contribution in [0.2, 0.25) is 0 Å². The number of pyridine rings is 1. The number of hydrogen-bond acceptors (Lipinski definition) is 3. The average molecular weight is 544 g/mol. The predicted molar refractivity (Wildman–Crippen MR) is 168 cm³/mol. The van der Waals surface area contributed by atoms with Crippen LogP contribution in [0.1, 0.15) is 81.2 Å². The van der Waals surface area contributed by atoms with Crippen LogP contribution in [0.5, 0.6) is 0 Å². The Balaban J connectivity index is 1.26. The highest BCUT2D eigenvalue weighted by molar-refractivity contribution is 6.05. The molecule has 1 fully saturated rings. The van der Waals surface area contributed by atoms with Crippen molar-refractivity contribution in [2.75, 3.05) is 0 Å². The molecule has 4 heteroatoms. The number of amidine groups is 1. The Morgan fingerprint density at radius 3 is 2.63 bits per heavy atom. The molecule has 1 saturated carbocycles. The first-order valence-corrected chi connectivity index (χ1v) is 15.0. The fourth-order valence-corrected chi connectivity index (χ4v) is 7.52. The van der Waals surface area contributed by atoms with E-state index in [4.69, 9.17) is 4.99 Å². The van der Waals surface area contributed by atoms with E-state index in [-0.39, 0.29) is 10.8 Å². The maximum absolute atomic E-state index is 11.8. The van der Waals surface area contributed by atoms with Crippen LogP contribution < -0.4 is 5.32 Å². The summed E-state index contributed by atoms with van der Waals surface area (Å²) in [5, 5.41) is 15.5. The monoisotopic (exact) mass is 543 g/mol. The summed E-state index contributed by atoms with van der Waals surface area (Å²) in [6.45, 7) is 12.8. The molecule has 1 aliphatic heterocycles. The van der Waals surface area contributed by atoms with Gasteiger partial charge in [-0.25, -0.2) is 4.99 Å². The lowest BCUT2D eigenvalue weighted by Gasteiger charge is -2.49. The number of allylic oxidation sites excluding steroid dienone is 3. The average Bonchev–Trinajstić information content (AvgIpc) is 3.07. The lowest BCUT2D eigenvalue weighted by atomic mass is 9.57. The number of nitrogens with one attached hydrogen (secondary N) is 1. The van der Waals surface area contributed by atoms with Crippen LogP contribution in [0, 0.1) is 10.8 Å². The molecule has 4 nitrogen and oxygen atoms in total. The number of benzene rings is 1. The van der Waals surface area contributed by atoms with Gasteiger partial charge in [0.15, 0.2) is 0 Å². The maximum atomic E-state index is 11.8. The highest BCUT2D eigenvalue weighted by atomic mass is 16.3. The zero-order valence-electron chi connectivity index (χ0n) is 24.5. The third-order valence-electron chi connectivity index (χ3n) is 10.3. The summed E-state index contributed by atoms with van der Waals surface area (Å²) in [6, 6.07) is 12.6. The quantitative estimate of drug-likeness (QED) is 0.386. The Kier molecular flexibility index (Phi) is 7.09. The zero-order chi connectivity index (χ0) is 28.7. The van der Waals surface area contributed by atoms with Gasteiger partial charge in [-0.15, -0.1) is 5.73 Å². The van der Waals surface area contributed by atoms with E-state index >= 15 is 0 Å². The molecule has 0 saturated heterocycles. The lowest BCUT2D eigenvalue weighted by molar-refractivity contribution is -0.0955. The fourth-order valence-electron chi connectivity index (χ4n) is 7.52. The molecule has 1 aromatic heterocycles. The number of rotatable bonds is 4. The van der Waals surface area contributed by atoms with Gasteiger partial charge < -0.3 is 10.4 Å². The molecule has 6 rings (SSSR count). The van der Waals surface area contributed by atoms with Crippen LogP contribution in [0.3, 0.4) is 0 Å². The minimum absolute atomic E-state index is 0.0723. The topological polar surface area (TPSA) is 57.5 Å². The maximum Gasteiger partial charge on any atom is 0.145 e. The molecule has 4 aliphatic rings. The first-order chi connectivity index (χ1) is 19.8. The molecule has 1 aromatic carbocycles. The van der Waals surface area contributed by atoms with E-state index < -0.39 is 5.60 Å². The molecular formula is C37H41N3O. The number of nitrogens with zero attached hydrogens (tertiary/aromatic N) is 2. The Labute approximate surface area is 244 Å². The van der Waals surface area contributed by atoms with Gasteiger partial charge in [-0.1, -0.05) is 50.4 Å². The van der Waals surface area contributed by atoms with Crippen molar-refractivity contribution in [2.24, 2.45) is 15.8 Å². The molecule has 1 spiro atoms. The lowest BCUT2D eigenvalue weighted by Crippen LogP contribution is -2.46. The largest absolute Gasteiger partial charge is 0.385 e. The summed E-state index contributed by atoms with van der Waals surface area (Å²) in [6.07, 6.45) is 18.9. The molecule has 1 unspecified atom stereocenters. The van der Waals surface area contributed by atoms with Gasteiger partial charge in [-0.05, 0) is 117 Å². The fraction of sp³-hybridized carbons (Fsp3) is 0.378. The van der Waals surface area contributed by atoms with Crippen molar-refractivity contribution in [1.29, 1.82) is 0 Å². The van der Waals surface area contributed by atoms with Gasteiger partial charge in [-0.3, -0.25) is 4.98 Å². The first kappa shape index (κ1) is 27.4. The smallest absolute Gasteiger partial charge is 0.145 e. The summed E-state index contributed by atoms with van der Waals surface area (Å²) in [5.41, 5.74) is 11.4. The van der Waals surface area contributed by atoms with Crippen LogP contribution in [0.4, 0.5) is 0 Å². The molecule has 3 aliphatic carbocycles. The first-order valence-electron chi connectivity index (χ1n) is 15.0. The molecule has 2 N–H and O–H groups in total. The number of aliphatic hydroxyl groups is 1. The van der Waals surface area contributed by atoms with Crippen molar-refractivity contribution in [3.63, 3.8) is 0 Å². The molecular weight excluding hydrogens is 502 g/mol. The summed E-state index contributed by atoms with van der Waals surface area (Å²) < 4.78 is 0.